The molecule has 2 amide bonds. The van der Waals surface area contributed by atoms with Crippen molar-refractivity contribution < 1.29 is 18.0 Å². The molecule has 0 radical (unpaired) electrons. The van der Waals surface area contributed by atoms with Gasteiger partial charge in [-0.05, 0) is 55.5 Å². The van der Waals surface area contributed by atoms with Gasteiger partial charge in [0, 0.05) is 31.9 Å². The summed E-state index contributed by atoms with van der Waals surface area (Å²) in [7, 11) is -3.61. The van der Waals surface area contributed by atoms with E-state index in [1.807, 2.05) is 17.0 Å². The van der Waals surface area contributed by atoms with E-state index in [0.717, 1.165) is 31.5 Å². The number of benzene rings is 2. The van der Waals surface area contributed by atoms with Gasteiger partial charge in [0.2, 0.25) is 21.8 Å². The number of amides is 2. The Bertz CT molecular complexity index is 1050. The number of nitrogens with zero attached hydrogens (tertiary/aromatic N) is 2. The molecule has 2 heterocycles. The van der Waals surface area contributed by atoms with Crippen LogP contribution in [-0.4, -0.2) is 55.6 Å². The van der Waals surface area contributed by atoms with Crippen LogP contribution < -0.4 is 5.32 Å². The Morgan fingerprint density at radius 3 is 2.28 bits per heavy atom. The van der Waals surface area contributed by atoms with Crippen LogP contribution >= 0.6 is 0 Å². The van der Waals surface area contributed by atoms with Gasteiger partial charge in [0.15, 0.2) is 0 Å². The average Bonchev–Trinajstić information content (AvgIpc) is 3.36. The number of nitrogens with one attached hydrogen (secondary N) is 1. The predicted octanol–water partition coefficient (Wildman–Crippen LogP) is 2.89. The molecule has 7 nitrogen and oxygen atoms in total. The smallest absolute Gasteiger partial charge is 0.243 e. The fourth-order valence-electron chi connectivity index (χ4n) is 4.32. The summed E-state index contributed by atoms with van der Waals surface area (Å²) in [6, 6.07) is 15.6. The van der Waals surface area contributed by atoms with Crippen molar-refractivity contribution >= 4 is 27.5 Å². The number of carbonyl (C=O) groups excluding carboxylic acids is 2. The van der Waals surface area contributed by atoms with Gasteiger partial charge in [0.1, 0.15) is 0 Å². The van der Waals surface area contributed by atoms with Crippen molar-refractivity contribution in [1.82, 2.24) is 9.21 Å². The third-order valence-electron chi connectivity index (χ3n) is 6.17. The molecular formula is C24H29N3O4S. The Hall–Kier alpha value is -2.71. The molecule has 1 N–H and O–H groups in total. The maximum absolute atomic E-state index is 12.9. The van der Waals surface area contributed by atoms with Gasteiger partial charge in [-0.15, -0.1) is 0 Å². The summed E-state index contributed by atoms with van der Waals surface area (Å²) in [5, 5.41) is 2.90. The summed E-state index contributed by atoms with van der Waals surface area (Å²) in [5.41, 5.74) is 1.56. The molecule has 8 heteroatoms. The molecule has 0 aliphatic carbocycles. The maximum Gasteiger partial charge on any atom is 0.243 e. The second kappa shape index (κ2) is 9.83. The molecule has 170 valence electrons. The number of hydrogen-bond acceptors (Lipinski definition) is 4. The summed E-state index contributed by atoms with van der Waals surface area (Å²) >= 11 is 0. The van der Waals surface area contributed by atoms with Crippen molar-refractivity contribution in [3.8, 4) is 0 Å². The molecule has 0 spiro atoms. The van der Waals surface area contributed by atoms with Crippen molar-refractivity contribution in [3.05, 3.63) is 60.2 Å². The third-order valence-corrected chi connectivity index (χ3v) is 8.05. The zero-order valence-corrected chi connectivity index (χ0v) is 18.9. The van der Waals surface area contributed by atoms with E-state index < -0.39 is 15.9 Å². The number of piperidine rings is 1. The van der Waals surface area contributed by atoms with Crippen molar-refractivity contribution in [2.45, 2.75) is 37.0 Å². The molecule has 0 bridgehead atoms. The fraction of sp³-hybridized carbons (Fsp3) is 0.417. The molecule has 32 heavy (non-hydrogen) atoms. The topological polar surface area (TPSA) is 86.8 Å². The number of anilines is 1. The van der Waals surface area contributed by atoms with E-state index in [0.29, 0.717) is 31.5 Å². The summed E-state index contributed by atoms with van der Waals surface area (Å²) in [5.74, 6) is -0.446. The number of likely N-dealkylation sites (tertiary alicyclic amines) is 1. The van der Waals surface area contributed by atoms with Crippen LogP contribution in [-0.2, 0) is 26.0 Å². The zero-order valence-electron chi connectivity index (χ0n) is 18.1. The summed E-state index contributed by atoms with van der Waals surface area (Å²) in [6.07, 6.45) is 3.80. The standard InChI is InChI=1S/C24H29N3O4S/c28-23(26-14-4-5-15-26)17-19-10-12-21(13-11-19)25-24(29)20-7-6-16-27(18-20)32(30,31)22-8-2-1-3-9-22/h1-3,8-13,20H,4-7,14-18H2,(H,25,29)/t20-/m0/s1. The first-order chi connectivity index (χ1) is 15.4. The number of carbonyl (C=O) groups is 2. The molecule has 2 aliphatic rings. The zero-order chi connectivity index (χ0) is 22.6. The minimum atomic E-state index is -3.61. The first-order valence-electron chi connectivity index (χ1n) is 11.2. The van der Waals surface area contributed by atoms with Gasteiger partial charge in [-0.1, -0.05) is 30.3 Å². The van der Waals surface area contributed by atoms with Gasteiger partial charge in [0.05, 0.1) is 17.2 Å². The first kappa shape index (κ1) is 22.5. The van der Waals surface area contributed by atoms with Gasteiger partial charge < -0.3 is 10.2 Å². The van der Waals surface area contributed by atoms with E-state index in [9.17, 15) is 18.0 Å². The van der Waals surface area contributed by atoms with Gasteiger partial charge in [0.25, 0.3) is 0 Å². The van der Waals surface area contributed by atoms with Crippen molar-refractivity contribution in [2.75, 3.05) is 31.5 Å². The second-order valence-electron chi connectivity index (χ2n) is 8.47. The van der Waals surface area contributed by atoms with Crippen LogP contribution in [0.3, 0.4) is 0 Å². The minimum absolute atomic E-state index is 0.140. The quantitative estimate of drug-likeness (QED) is 0.726. The average molecular weight is 456 g/mol. The van der Waals surface area contributed by atoms with E-state index in [4.69, 9.17) is 0 Å². The van der Waals surface area contributed by atoms with E-state index >= 15 is 0 Å². The summed E-state index contributed by atoms with van der Waals surface area (Å²) in [6.45, 7) is 2.27. The molecule has 0 aromatic heterocycles. The molecule has 2 fully saturated rings. The lowest BCUT2D eigenvalue weighted by Gasteiger charge is -2.31. The van der Waals surface area contributed by atoms with Gasteiger partial charge in [-0.3, -0.25) is 9.59 Å². The second-order valence-corrected chi connectivity index (χ2v) is 10.4. The highest BCUT2D eigenvalue weighted by atomic mass is 32.2. The molecule has 2 saturated heterocycles. The number of hydrogen-bond donors (Lipinski definition) is 1. The van der Waals surface area contributed by atoms with Crippen LogP contribution in [0, 0.1) is 5.92 Å². The maximum atomic E-state index is 12.9. The van der Waals surface area contributed by atoms with E-state index in [-0.39, 0.29) is 23.3 Å². The molecular weight excluding hydrogens is 426 g/mol. The Morgan fingerprint density at radius 1 is 0.906 bits per heavy atom. The highest BCUT2D eigenvalue weighted by Crippen LogP contribution is 2.25. The lowest BCUT2D eigenvalue weighted by Crippen LogP contribution is -2.43. The highest BCUT2D eigenvalue weighted by Gasteiger charge is 2.33. The summed E-state index contributed by atoms with van der Waals surface area (Å²) in [4.78, 5) is 27.3. The third kappa shape index (κ3) is 5.19. The fourth-order valence-corrected chi connectivity index (χ4v) is 5.86. The Labute approximate surface area is 189 Å². The molecule has 0 saturated carbocycles. The van der Waals surface area contributed by atoms with Crippen molar-refractivity contribution in [2.24, 2.45) is 5.92 Å². The molecule has 2 aromatic rings. The van der Waals surface area contributed by atoms with Crippen LogP contribution in [0.2, 0.25) is 0 Å². The molecule has 4 rings (SSSR count). The van der Waals surface area contributed by atoms with Crippen LogP contribution in [0.15, 0.2) is 59.5 Å². The van der Waals surface area contributed by atoms with Crippen LogP contribution in [0.4, 0.5) is 5.69 Å². The highest BCUT2D eigenvalue weighted by molar-refractivity contribution is 7.89. The monoisotopic (exact) mass is 455 g/mol. The minimum Gasteiger partial charge on any atom is -0.342 e. The van der Waals surface area contributed by atoms with Crippen LogP contribution in [0.1, 0.15) is 31.2 Å². The Balaban J connectivity index is 1.34. The van der Waals surface area contributed by atoms with E-state index in [2.05, 4.69) is 5.32 Å². The van der Waals surface area contributed by atoms with E-state index in [1.54, 1.807) is 42.5 Å². The van der Waals surface area contributed by atoms with Gasteiger partial charge >= 0.3 is 0 Å². The van der Waals surface area contributed by atoms with Crippen LogP contribution in [0.25, 0.3) is 0 Å². The van der Waals surface area contributed by atoms with Crippen molar-refractivity contribution in [1.29, 1.82) is 0 Å². The Morgan fingerprint density at radius 2 is 1.59 bits per heavy atom. The molecule has 2 aliphatic heterocycles. The number of rotatable bonds is 6. The molecule has 0 unspecified atom stereocenters. The van der Waals surface area contributed by atoms with Gasteiger partial charge in [-0.25, -0.2) is 8.42 Å². The number of sulfonamides is 1. The predicted molar refractivity (Wildman–Crippen MR) is 123 cm³/mol. The molecule has 1 atom stereocenters. The van der Waals surface area contributed by atoms with Crippen LogP contribution in [0.5, 0.6) is 0 Å². The Kier molecular flexibility index (Phi) is 6.91. The lowest BCUT2D eigenvalue weighted by atomic mass is 9.98. The first-order valence-corrected chi connectivity index (χ1v) is 12.6. The molecule has 2 aromatic carbocycles. The van der Waals surface area contributed by atoms with E-state index in [1.165, 1.54) is 4.31 Å². The van der Waals surface area contributed by atoms with Gasteiger partial charge in [-0.2, -0.15) is 4.31 Å². The normalized spacial score (nSPS) is 19.6. The summed E-state index contributed by atoms with van der Waals surface area (Å²) < 4.78 is 27.2. The largest absolute Gasteiger partial charge is 0.342 e. The van der Waals surface area contributed by atoms with Crippen molar-refractivity contribution in [3.63, 3.8) is 0 Å². The SMILES string of the molecule is O=C(Nc1ccc(CC(=O)N2CCCC2)cc1)[C@H]1CCCN(S(=O)(=O)c2ccccc2)C1. The lowest BCUT2D eigenvalue weighted by molar-refractivity contribution is -0.129.